The van der Waals surface area contributed by atoms with Crippen molar-refractivity contribution in [2.45, 2.75) is 19.4 Å². The lowest BCUT2D eigenvalue weighted by atomic mass is 10.3. The minimum Gasteiger partial charge on any atom is -0.494 e. The van der Waals surface area contributed by atoms with E-state index < -0.39 is 5.82 Å². The lowest BCUT2D eigenvalue weighted by Crippen LogP contribution is -2.28. The van der Waals surface area contributed by atoms with Gasteiger partial charge in [0, 0.05) is 30.0 Å². The van der Waals surface area contributed by atoms with Crippen LogP contribution in [0.3, 0.4) is 0 Å². The van der Waals surface area contributed by atoms with Gasteiger partial charge in [0.15, 0.2) is 16.7 Å². The lowest BCUT2D eigenvalue weighted by Gasteiger charge is -2.11. The Balaban J connectivity index is 1.68. The van der Waals surface area contributed by atoms with Crippen LogP contribution in [0.1, 0.15) is 18.5 Å². The number of rotatable bonds is 5. The zero-order chi connectivity index (χ0) is 16.4. The second kappa shape index (κ2) is 6.33. The number of thiazole rings is 1. The molecular weight excluding hydrogens is 321 g/mol. The van der Waals surface area contributed by atoms with Crippen molar-refractivity contribution in [3.63, 3.8) is 0 Å². The van der Waals surface area contributed by atoms with Crippen LogP contribution in [-0.4, -0.2) is 28.8 Å². The molecule has 1 aliphatic rings. The number of benzene rings is 1. The molecule has 3 rings (SSSR count). The van der Waals surface area contributed by atoms with E-state index in [1.54, 1.807) is 11.4 Å². The number of carbonyl (C=O) groups is 2. The maximum atomic E-state index is 13.7. The number of nitrogens with one attached hydrogen (secondary N) is 1. The Morgan fingerprint density at radius 1 is 1.35 bits per heavy atom. The first-order chi connectivity index (χ1) is 11.1. The molecule has 0 atom stereocenters. The molecular formula is C15H14FN3O3S. The van der Waals surface area contributed by atoms with E-state index in [4.69, 9.17) is 4.74 Å². The highest BCUT2D eigenvalue weighted by molar-refractivity contribution is 7.13. The van der Waals surface area contributed by atoms with Gasteiger partial charge >= 0.3 is 0 Å². The predicted octanol–water partition coefficient (Wildman–Crippen LogP) is 2.68. The van der Waals surface area contributed by atoms with Crippen LogP contribution in [-0.2, 0) is 16.1 Å². The first-order valence-corrected chi connectivity index (χ1v) is 7.83. The van der Waals surface area contributed by atoms with E-state index >= 15 is 0 Å². The number of likely N-dealkylation sites (tertiary alicyclic amines) is 1. The van der Waals surface area contributed by atoms with E-state index in [0.717, 1.165) is 0 Å². The Hall–Kier alpha value is -2.48. The van der Waals surface area contributed by atoms with Crippen LogP contribution in [0.4, 0.5) is 15.2 Å². The summed E-state index contributed by atoms with van der Waals surface area (Å²) in [4.78, 5) is 28.7. The Morgan fingerprint density at radius 2 is 2.09 bits per heavy atom. The number of hydrogen-bond donors (Lipinski definition) is 1. The molecule has 0 saturated carbocycles. The quantitative estimate of drug-likeness (QED) is 0.851. The summed E-state index contributed by atoms with van der Waals surface area (Å²) in [5, 5.41) is 5.31. The fraction of sp³-hybridized carbons (Fsp3) is 0.267. The van der Waals surface area contributed by atoms with Crippen molar-refractivity contribution in [2.24, 2.45) is 0 Å². The summed E-state index contributed by atoms with van der Waals surface area (Å²) in [6.07, 6.45) is 0.526. The summed E-state index contributed by atoms with van der Waals surface area (Å²) in [6.45, 7) is 0.173. The third-order valence-electron chi connectivity index (χ3n) is 3.43. The van der Waals surface area contributed by atoms with Gasteiger partial charge in [0.2, 0.25) is 11.8 Å². The number of ether oxygens (including phenoxy) is 1. The first-order valence-electron chi connectivity index (χ1n) is 6.95. The molecule has 0 spiro atoms. The molecule has 0 bridgehead atoms. The molecule has 1 aromatic heterocycles. The maximum absolute atomic E-state index is 13.7. The molecule has 0 aliphatic carbocycles. The second-order valence-electron chi connectivity index (χ2n) is 4.99. The number of nitrogens with zero attached hydrogens (tertiary/aromatic N) is 2. The molecule has 23 heavy (non-hydrogen) atoms. The van der Waals surface area contributed by atoms with Gasteiger partial charge in [-0.1, -0.05) is 0 Å². The number of amides is 2. The number of imide groups is 1. The van der Waals surface area contributed by atoms with Crippen LogP contribution in [0, 0.1) is 5.82 Å². The van der Waals surface area contributed by atoms with Crippen LogP contribution in [0.15, 0.2) is 23.6 Å². The van der Waals surface area contributed by atoms with Crippen molar-refractivity contribution < 1.29 is 18.7 Å². The number of carbonyl (C=O) groups excluding carboxylic acids is 2. The maximum Gasteiger partial charge on any atom is 0.230 e. The summed E-state index contributed by atoms with van der Waals surface area (Å²) < 4.78 is 18.5. The molecule has 1 fully saturated rings. The molecule has 1 aromatic carbocycles. The standard InChI is InChI=1S/C15H14FN3O3S/c1-22-12-3-2-9(6-11(12)16)17-15-18-10(8-23-15)7-19-13(20)4-5-14(19)21/h2-3,6,8H,4-5,7H2,1H3,(H,17,18). The molecule has 6 nitrogen and oxygen atoms in total. The van der Waals surface area contributed by atoms with E-state index in [9.17, 15) is 14.0 Å². The summed E-state index contributed by atoms with van der Waals surface area (Å²) in [6, 6.07) is 4.51. The van der Waals surface area contributed by atoms with Gasteiger partial charge in [0.1, 0.15) is 0 Å². The van der Waals surface area contributed by atoms with E-state index in [0.29, 0.717) is 16.5 Å². The van der Waals surface area contributed by atoms with Crippen LogP contribution < -0.4 is 10.1 Å². The van der Waals surface area contributed by atoms with Gasteiger partial charge in [0.25, 0.3) is 0 Å². The molecule has 120 valence electrons. The fourth-order valence-electron chi connectivity index (χ4n) is 2.27. The molecule has 2 aromatic rings. The number of aromatic nitrogens is 1. The van der Waals surface area contributed by atoms with E-state index in [1.807, 2.05) is 0 Å². The predicted molar refractivity (Wildman–Crippen MR) is 83.1 cm³/mol. The van der Waals surface area contributed by atoms with Crippen molar-refractivity contribution in [3.8, 4) is 5.75 Å². The van der Waals surface area contributed by atoms with Crippen molar-refractivity contribution in [1.82, 2.24) is 9.88 Å². The molecule has 1 N–H and O–H groups in total. The summed E-state index contributed by atoms with van der Waals surface area (Å²) in [7, 11) is 1.40. The number of anilines is 2. The fourth-order valence-corrected chi connectivity index (χ4v) is 2.99. The zero-order valence-corrected chi connectivity index (χ0v) is 13.2. The molecule has 0 radical (unpaired) electrons. The zero-order valence-electron chi connectivity index (χ0n) is 12.3. The van der Waals surface area contributed by atoms with Gasteiger partial charge in [0.05, 0.1) is 19.3 Å². The van der Waals surface area contributed by atoms with Crippen LogP contribution in [0.25, 0.3) is 0 Å². The number of halogens is 1. The highest BCUT2D eigenvalue weighted by Crippen LogP contribution is 2.26. The molecule has 0 unspecified atom stereocenters. The SMILES string of the molecule is COc1ccc(Nc2nc(CN3C(=O)CCC3=O)cs2)cc1F. The third-order valence-corrected chi connectivity index (χ3v) is 4.24. The summed E-state index contributed by atoms with van der Waals surface area (Å²) in [5.41, 5.74) is 1.16. The van der Waals surface area contributed by atoms with E-state index in [1.165, 1.54) is 35.5 Å². The van der Waals surface area contributed by atoms with Crippen LogP contribution in [0.5, 0.6) is 5.75 Å². The van der Waals surface area contributed by atoms with E-state index in [-0.39, 0.29) is 37.0 Å². The molecule has 2 heterocycles. The van der Waals surface area contributed by atoms with Gasteiger partial charge in [-0.05, 0) is 12.1 Å². The number of hydrogen-bond acceptors (Lipinski definition) is 6. The van der Waals surface area contributed by atoms with E-state index in [2.05, 4.69) is 10.3 Å². The topological polar surface area (TPSA) is 71.5 Å². The van der Waals surface area contributed by atoms with Gasteiger partial charge in [-0.2, -0.15) is 0 Å². The van der Waals surface area contributed by atoms with Crippen molar-refractivity contribution in [3.05, 3.63) is 35.1 Å². The van der Waals surface area contributed by atoms with Crippen molar-refractivity contribution in [1.29, 1.82) is 0 Å². The minimum absolute atomic E-state index is 0.168. The average molecular weight is 335 g/mol. The smallest absolute Gasteiger partial charge is 0.230 e. The monoisotopic (exact) mass is 335 g/mol. The third kappa shape index (κ3) is 3.31. The molecule has 2 amide bonds. The average Bonchev–Trinajstić information content (AvgIpc) is 3.09. The summed E-state index contributed by atoms with van der Waals surface area (Å²) >= 11 is 1.32. The molecule has 8 heteroatoms. The largest absolute Gasteiger partial charge is 0.494 e. The highest BCUT2D eigenvalue weighted by atomic mass is 32.1. The van der Waals surface area contributed by atoms with Gasteiger partial charge < -0.3 is 10.1 Å². The Kier molecular flexibility index (Phi) is 4.24. The summed E-state index contributed by atoms with van der Waals surface area (Å²) in [5.74, 6) is -0.645. The van der Waals surface area contributed by atoms with Gasteiger partial charge in [-0.15, -0.1) is 11.3 Å². The van der Waals surface area contributed by atoms with Gasteiger partial charge in [-0.3, -0.25) is 14.5 Å². The Bertz CT molecular complexity index is 746. The van der Waals surface area contributed by atoms with Crippen LogP contribution in [0.2, 0.25) is 0 Å². The Morgan fingerprint density at radius 3 is 2.74 bits per heavy atom. The van der Waals surface area contributed by atoms with Crippen molar-refractivity contribution >= 4 is 34.0 Å². The van der Waals surface area contributed by atoms with Gasteiger partial charge in [-0.25, -0.2) is 9.37 Å². The first kappa shape index (κ1) is 15.4. The number of methoxy groups -OCH3 is 1. The van der Waals surface area contributed by atoms with Crippen molar-refractivity contribution in [2.75, 3.05) is 12.4 Å². The highest BCUT2D eigenvalue weighted by Gasteiger charge is 2.29. The molecule has 1 saturated heterocycles. The Labute approximate surface area is 135 Å². The molecule has 1 aliphatic heterocycles. The normalized spacial score (nSPS) is 14.4. The van der Waals surface area contributed by atoms with Crippen LogP contribution >= 0.6 is 11.3 Å². The second-order valence-corrected chi connectivity index (χ2v) is 5.85. The minimum atomic E-state index is -0.470. The lowest BCUT2D eigenvalue weighted by molar-refractivity contribution is -0.139.